The van der Waals surface area contributed by atoms with Crippen LogP contribution in [0.3, 0.4) is 0 Å². The quantitative estimate of drug-likeness (QED) is 0.188. The maximum Gasteiger partial charge on any atom is 0.259 e. The van der Waals surface area contributed by atoms with Gasteiger partial charge in [0.05, 0.1) is 23.5 Å². The Hall–Kier alpha value is -0.415. The van der Waals surface area contributed by atoms with Crippen molar-refractivity contribution >= 4 is 29.4 Å². The van der Waals surface area contributed by atoms with Gasteiger partial charge in [0.25, 0.3) is 5.91 Å². The van der Waals surface area contributed by atoms with Gasteiger partial charge < -0.3 is 4.74 Å². The van der Waals surface area contributed by atoms with Crippen LogP contribution >= 0.6 is 0 Å². The van der Waals surface area contributed by atoms with Gasteiger partial charge in [-0.2, -0.15) is 0 Å². The molecule has 0 aromatic rings. The number of nitrogens with one attached hydrogen (secondary N) is 1. The van der Waals surface area contributed by atoms with Gasteiger partial charge in [0, 0.05) is 0 Å². The van der Waals surface area contributed by atoms with Gasteiger partial charge in [-0.3, -0.25) is 10.2 Å². The summed E-state index contributed by atoms with van der Waals surface area (Å²) in [7, 11) is 14.9. The maximum absolute atomic E-state index is 10.3. The van der Waals surface area contributed by atoms with Gasteiger partial charge in [-0.15, -0.1) is 0 Å². The smallest absolute Gasteiger partial charge is 0.259 e. The van der Waals surface area contributed by atoms with Crippen molar-refractivity contribution < 1.29 is 9.53 Å². The van der Waals surface area contributed by atoms with Crippen LogP contribution in [-0.4, -0.2) is 41.4 Å². The lowest BCUT2D eigenvalue weighted by Gasteiger charge is -2.19. The fraction of sp³-hybridized carbons (Fsp3) is 0.667. The largest absolute Gasteiger partial charge is 0.393 e. The molecule has 0 saturated carbocycles. The predicted octanol–water partition coefficient (Wildman–Crippen LogP) is -2.89. The number of hydrogen-bond acceptors (Lipinski definition) is 3. The van der Waals surface area contributed by atoms with Crippen molar-refractivity contribution in [1.82, 2.24) is 5.43 Å². The van der Waals surface area contributed by atoms with Crippen molar-refractivity contribution in [3.8, 4) is 0 Å². The van der Waals surface area contributed by atoms with E-state index < -0.39 is 11.2 Å². The summed E-state index contributed by atoms with van der Waals surface area (Å²) in [5.41, 5.74) is 1.81. The number of hydrogen-bond donors (Lipinski definition) is 2. The highest BCUT2D eigenvalue weighted by Gasteiger charge is 2.10. The Balaban J connectivity index is 3.46. The predicted molar refractivity (Wildman–Crippen MR) is 38.3 cm³/mol. The highest BCUT2D eigenvalue weighted by atomic mass is 16.5. The summed E-state index contributed by atoms with van der Waals surface area (Å²) >= 11 is 0. The Morgan fingerprint density at radius 3 is 2.40 bits per heavy atom. The van der Waals surface area contributed by atoms with Gasteiger partial charge in [-0.1, -0.05) is 0 Å². The lowest BCUT2D eigenvalue weighted by molar-refractivity contribution is -0.126. The minimum atomic E-state index is -1.79. The molecular weight excluding hydrogens is 128 g/mol. The molecule has 0 aliphatic rings. The molecule has 0 fully saturated rings. The minimum absolute atomic E-state index is 0.361. The van der Waals surface area contributed by atoms with Crippen LogP contribution in [0, 0.1) is 0 Å². The molecule has 0 aliphatic carbocycles. The zero-order valence-corrected chi connectivity index (χ0v) is 5.33. The SMILES string of the molecule is [B]C([B])([B])OCC(=O)NN. The third kappa shape index (κ3) is 5.72. The van der Waals surface area contributed by atoms with E-state index in [1.54, 1.807) is 5.43 Å². The van der Waals surface area contributed by atoms with Crippen LogP contribution in [0.2, 0.25) is 0 Å². The molecule has 0 spiro atoms. The van der Waals surface area contributed by atoms with E-state index in [0.717, 1.165) is 0 Å². The molecule has 0 aromatic heterocycles. The summed E-state index contributed by atoms with van der Waals surface area (Å²) < 4.78 is 4.42. The second-order valence-corrected chi connectivity index (χ2v) is 1.71. The number of ether oxygens (including phenoxy) is 1. The lowest BCUT2D eigenvalue weighted by atomic mass is 9.52. The van der Waals surface area contributed by atoms with E-state index >= 15 is 0 Å². The highest BCUT2D eigenvalue weighted by molar-refractivity contribution is 6.58. The first kappa shape index (κ1) is 9.58. The van der Waals surface area contributed by atoms with E-state index in [1.807, 2.05) is 0 Å². The molecule has 0 saturated heterocycles. The summed E-state index contributed by atoms with van der Waals surface area (Å²) in [5, 5.41) is -1.79. The van der Waals surface area contributed by atoms with Gasteiger partial charge in [-0.05, 0) is 5.30 Å². The van der Waals surface area contributed by atoms with Crippen LogP contribution in [0.4, 0.5) is 0 Å². The first-order valence-corrected chi connectivity index (χ1v) is 2.46. The summed E-state index contributed by atoms with van der Waals surface area (Å²) in [6, 6.07) is 0. The second-order valence-electron chi connectivity index (χ2n) is 1.71. The number of hydrazine groups is 1. The average molecular weight is 134 g/mol. The molecule has 48 valence electrons. The Morgan fingerprint density at radius 1 is 1.60 bits per heavy atom. The summed E-state index contributed by atoms with van der Waals surface area (Å²) in [6.07, 6.45) is 0. The average Bonchev–Trinajstić information content (AvgIpc) is 1.81. The normalized spacial score (nSPS) is 10.9. The molecule has 10 heavy (non-hydrogen) atoms. The Morgan fingerprint density at radius 2 is 2.10 bits per heavy atom. The van der Waals surface area contributed by atoms with Crippen molar-refractivity contribution in [1.29, 1.82) is 0 Å². The van der Waals surface area contributed by atoms with Crippen LogP contribution in [0.25, 0.3) is 0 Å². The van der Waals surface area contributed by atoms with E-state index in [9.17, 15) is 4.79 Å². The monoisotopic (exact) mass is 134 g/mol. The van der Waals surface area contributed by atoms with Crippen molar-refractivity contribution in [2.75, 3.05) is 6.61 Å². The number of carbonyl (C=O) groups excluding carboxylic acids is 1. The number of rotatable bonds is 3. The first-order valence-electron chi connectivity index (χ1n) is 2.46. The Labute approximate surface area is 63.1 Å². The van der Waals surface area contributed by atoms with E-state index in [4.69, 9.17) is 29.4 Å². The Kier molecular flexibility index (Phi) is 3.53. The topological polar surface area (TPSA) is 64.3 Å². The van der Waals surface area contributed by atoms with Crippen LogP contribution in [-0.2, 0) is 9.53 Å². The molecular formula is C3H5B3N2O2. The third-order valence-corrected chi connectivity index (χ3v) is 0.614. The van der Waals surface area contributed by atoms with Crippen LogP contribution < -0.4 is 11.3 Å². The molecule has 0 heterocycles. The van der Waals surface area contributed by atoms with Crippen molar-refractivity contribution in [2.24, 2.45) is 5.84 Å². The molecule has 4 nitrogen and oxygen atoms in total. The molecule has 0 aliphatic heterocycles. The number of nitrogens with two attached hydrogens (primary N) is 1. The molecule has 1 amide bonds. The molecule has 0 rings (SSSR count). The summed E-state index contributed by atoms with van der Waals surface area (Å²) in [6.45, 7) is -0.361. The van der Waals surface area contributed by atoms with Gasteiger partial charge in [0.1, 0.15) is 6.61 Å². The molecule has 0 bridgehead atoms. The molecule has 0 aromatic carbocycles. The van der Waals surface area contributed by atoms with Crippen LogP contribution in [0.1, 0.15) is 0 Å². The molecule has 6 radical (unpaired) electrons. The van der Waals surface area contributed by atoms with E-state index in [2.05, 4.69) is 4.74 Å². The zero-order chi connectivity index (χ0) is 8.20. The number of amides is 1. The fourth-order valence-electron chi connectivity index (χ4n) is 0.232. The molecule has 0 unspecified atom stereocenters. The Bertz CT molecular complexity index is 123. The van der Waals surface area contributed by atoms with Crippen molar-refractivity contribution in [3.05, 3.63) is 0 Å². The molecule has 3 N–H and O–H groups in total. The van der Waals surface area contributed by atoms with Gasteiger partial charge in [0.15, 0.2) is 0 Å². The van der Waals surface area contributed by atoms with E-state index in [0.29, 0.717) is 0 Å². The molecule has 0 atom stereocenters. The standard InChI is InChI=1S/C3H5B3N2O2/c4-3(5,6)10-1-2(9)8-7/h1,7H2,(H,8,9). The zero-order valence-electron chi connectivity index (χ0n) is 5.33. The lowest BCUT2D eigenvalue weighted by Crippen LogP contribution is -2.40. The highest BCUT2D eigenvalue weighted by Crippen LogP contribution is 1.90. The number of carbonyl (C=O) groups is 1. The van der Waals surface area contributed by atoms with Crippen molar-refractivity contribution in [2.45, 2.75) is 5.30 Å². The minimum Gasteiger partial charge on any atom is -0.393 e. The first-order chi connectivity index (χ1) is 4.45. The van der Waals surface area contributed by atoms with Crippen LogP contribution in [0.5, 0.6) is 0 Å². The van der Waals surface area contributed by atoms with Gasteiger partial charge >= 0.3 is 0 Å². The van der Waals surface area contributed by atoms with E-state index in [-0.39, 0.29) is 6.61 Å². The molecule has 7 heteroatoms. The third-order valence-electron chi connectivity index (χ3n) is 0.614. The summed E-state index contributed by atoms with van der Waals surface area (Å²) in [5.74, 6) is 4.15. The van der Waals surface area contributed by atoms with Gasteiger partial charge in [-0.25, -0.2) is 5.84 Å². The second kappa shape index (κ2) is 3.68. The maximum atomic E-state index is 10.3. The van der Waals surface area contributed by atoms with Gasteiger partial charge in [0.2, 0.25) is 0 Å². The van der Waals surface area contributed by atoms with Crippen LogP contribution in [0.15, 0.2) is 0 Å². The van der Waals surface area contributed by atoms with E-state index in [1.165, 1.54) is 0 Å². The summed E-state index contributed by atoms with van der Waals surface area (Å²) in [4.78, 5) is 10.3. The fourth-order valence-corrected chi connectivity index (χ4v) is 0.232. The van der Waals surface area contributed by atoms with Crippen molar-refractivity contribution in [3.63, 3.8) is 0 Å².